The first-order valence-corrected chi connectivity index (χ1v) is 4.61. The molecule has 76 valence electrons. The molecule has 4 heteroatoms. The fraction of sp³-hybridized carbons (Fsp3) is 0.500. The molecule has 4 nitrogen and oxygen atoms in total. The van der Waals surface area contributed by atoms with Gasteiger partial charge in [0.05, 0.1) is 0 Å². The SMILES string of the molecule is CC(=O)/C=C/CCN1C(=O)CCC1=O. The van der Waals surface area contributed by atoms with Crippen LogP contribution in [0.2, 0.25) is 0 Å². The van der Waals surface area contributed by atoms with E-state index in [4.69, 9.17) is 0 Å². The van der Waals surface area contributed by atoms with E-state index in [0.29, 0.717) is 25.8 Å². The van der Waals surface area contributed by atoms with E-state index in [2.05, 4.69) is 0 Å². The maximum atomic E-state index is 11.1. The minimum Gasteiger partial charge on any atom is -0.295 e. The number of carbonyl (C=O) groups is 3. The summed E-state index contributed by atoms with van der Waals surface area (Å²) in [7, 11) is 0. The molecule has 1 fully saturated rings. The highest BCUT2D eigenvalue weighted by molar-refractivity contribution is 6.01. The van der Waals surface area contributed by atoms with Gasteiger partial charge in [-0.3, -0.25) is 19.3 Å². The Bertz CT molecular complexity index is 278. The summed E-state index contributed by atoms with van der Waals surface area (Å²) in [5, 5.41) is 0. The Morgan fingerprint density at radius 2 is 1.93 bits per heavy atom. The first kappa shape index (κ1) is 10.6. The monoisotopic (exact) mass is 195 g/mol. The second kappa shape index (κ2) is 4.69. The second-order valence-electron chi connectivity index (χ2n) is 3.24. The zero-order valence-corrected chi connectivity index (χ0v) is 8.16. The van der Waals surface area contributed by atoms with Gasteiger partial charge in [0.1, 0.15) is 0 Å². The normalized spacial score (nSPS) is 17.1. The van der Waals surface area contributed by atoms with Gasteiger partial charge < -0.3 is 0 Å². The van der Waals surface area contributed by atoms with Crippen LogP contribution in [-0.2, 0) is 14.4 Å². The van der Waals surface area contributed by atoms with Crippen molar-refractivity contribution in [2.75, 3.05) is 6.54 Å². The molecular weight excluding hydrogens is 182 g/mol. The molecule has 0 aromatic heterocycles. The smallest absolute Gasteiger partial charge is 0.229 e. The largest absolute Gasteiger partial charge is 0.295 e. The zero-order chi connectivity index (χ0) is 10.6. The van der Waals surface area contributed by atoms with Crippen LogP contribution < -0.4 is 0 Å². The second-order valence-corrected chi connectivity index (χ2v) is 3.24. The Morgan fingerprint density at radius 3 is 2.43 bits per heavy atom. The lowest BCUT2D eigenvalue weighted by Crippen LogP contribution is -2.29. The molecule has 0 bridgehead atoms. The van der Waals surface area contributed by atoms with Crippen molar-refractivity contribution in [2.24, 2.45) is 0 Å². The van der Waals surface area contributed by atoms with Crippen molar-refractivity contribution in [3.63, 3.8) is 0 Å². The fourth-order valence-electron chi connectivity index (χ4n) is 1.33. The summed E-state index contributed by atoms with van der Waals surface area (Å²) >= 11 is 0. The average Bonchev–Trinajstić information content (AvgIpc) is 2.42. The van der Waals surface area contributed by atoms with Crippen molar-refractivity contribution < 1.29 is 14.4 Å². The van der Waals surface area contributed by atoms with E-state index in [0.717, 1.165) is 0 Å². The zero-order valence-electron chi connectivity index (χ0n) is 8.16. The minimum atomic E-state index is -0.105. The van der Waals surface area contributed by atoms with Crippen molar-refractivity contribution in [1.82, 2.24) is 4.90 Å². The lowest BCUT2D eigenvalue weighted by Gasteiger charge is -2.11. The lowest BCUT2D eigenvalue weighted by atomic mass is 10.3. The molecule has 2 amide bonds. The quantitative estimate of drug-likeness (QED) is 0.489. The Balaban J connectivity index is 2.34. The molecular formula is C10H13NO3. The summed E-state index contributed by atoms with van der Waals surface area (Å²) in [6.45, 7) is 1.85. The van der Waals surface area contributed by atoms with E-state index in [1.807, 2.05) is 0 Å². The highest BCUT2D eigenvalue weighted by Crippen LogP contribution is 2.11. The third-order valence-corrected chi connectivity index (χ3v) is 2.03. The van der Waals surface area contributed by atoms with Crippen LogP contribution in [0.15, 0.2) is 12.2 Å². The van der Waals surface area contributed by atoms with Gasteiger partial charge in [0, 0.05) is 19.4 Å². The Kier molecular flexibility index (Phi) is 3.56. The summed E-state index contributed by atoms with van der Waals surface area (Å²) in [6, 6.07) is 0. The predicted molar refractivity (Wildman–Crippen MR) is 50.4 cm³/mol. The molecule has 0 unspecified atom stereocenters. The predicted octanol–water partition coefficient (Wildman–Crippen LogP) is 0.671. The van der Waals surface area contributed by atoms with Crippen LogP contribution in [0.25, 0.3) is 0 Å². The van der Waals surface area contributed by atoms with Gasteiger partial charge in [0.25, 0.3) is 0 Å². The summed E-state index contributed by atoms with van der Waals surface area (Å²) < 4.78 is 0. The Morgan fingerprint density at radius 1 is 1.36 bits per heavy atom. The van der Waals surface area contributed by atoms with Gasteiger partial charge in [-0.1, -0.05) is 6.08 Å². The first-order valence-electron chi connectivity index (χ1n) is 4.61. The van der Waals surface area contributed by atoms with Gasteiger partial charge in [0.15, 0.2) is 5.78 Å². The average molecular weight is 195 g/mol. The van der Waals surface area contributed by atoms with E-state index in [9.17, 15) is 14.4 Å². The van der Waals surface area contributed by atoms with Gasteiger partial charge >= 0.3 is 0 Å². The number of hydrogen-bond acceptors (Lipinski definition) is 3. The number of ketones is 1. The van der Waals surface area contributed by atoms with Gasteiger partial charge in [-0.25, -0.2) is 0 Å². The van der Waals surface area contributed by atoms with Crippen LogP contribution >= 0.6 is 0 Å². The van der Waals surface area contributed by atoms with Gasteiger partial charge in [-0.2, -0.15) is 0 Å². The number of carbonyl (C=O) groups excluding carboxylic acids is 3. The molecule has 1 aliphatic rings. The molecule has 1 rings (SSSR count). The third-order valence-electron chi connectivity index (χ3n) is 2.03. The van der Waals surface area contributed by atoms with Crippen molar-refractivity contribution >= 4 is 17.6 Å². The third kappa shape index (κ3) is 2.80. The van der Waals surface area contributed by atoms with E-state index in [-0.39, 0.29) is 17.6 Å². The molecule has 1 aliphatic heterocycles. The number of allylic oxidation sites excluding steroid dienone is 1. The van der Waals surface area contributed by atoms with Crippen LogP contribution in [0.1, 0.15) is 26.2 Å². The van der Waals surface area contributed by atoms with Crippen molar-refractivity contribution in [2.45, 2.75) is 26.2 Å². The molecule has 1 saturated heterocycles. The highest BCUT2D eigenvalue weighted by Gasteiger charge is 2.27. The van der Waals surface area contributed by atoms with E-state index >= 15 is 0 Å². The maximum Gasteiger partial charge on any atom is 0.229 e. The van der Waals surface area contributed by atoms with Crippen LogP contribution in [0, 0.1) is 0 Å². The molecule has 14 heavy (non-hydrogen) atoms. The number of imide groups is 1. The van der Waals surface area contributed by atoms with Crippen LogP contribution in [0.3, 0.4) is 0 Å². The van der Waals surface area contributed by atoms with E-state index < -0.39 is 0 Å². The molecule has 0 N–H and O–H groups in total. The van der Waals surface area contributed by atoms with Crippen molar-refractivity contribution in [1.29, 1.82) is 0 Å². The molecule has 1 heterocycles. The maximum absolute atomic E-state index is 11.1. The Hall–Kier alpha value is -1.45. The number of nitrogens with zero attached hydrogens (tertiary/aromatic N) is 1. The summed E-state index contributed by atoms with van der Waals surface area (Å²) in [4.78, 5) is 34.0. The molecule has 0 aromatic rings. The van der Waals surface area contributed by atoms with Gasteiger partial charge in [0.2, 0.25) is 11.8 Å². The molecule has 0 radical (unpaired) electrons. The van der Waals surface area contributed by atoms with Gasteiger partial charge in [-0.15, -0.1) is 0 Å². The number of hydrogen-bond donors (Lipinski definition) is 0. The minimum absolute atomic E-state index is 0.0240. The van der Waals surface area contributed by atoms with Gasteiger partial charge in [-0.05, 0) is 19.4 Å². The molecule has 0 spiro atoms. The summed E-state index contributed by atoms with van der Waals surface area (Å²) in [6.07, 6.45) is 4.34. The molecule has 0 saturated carbocycles. The number of amides is 2. The number of likely N-dealkylation sites (tertiary alicyclic amines) is 1. The lowest BCUT2D eigenvalue weighted by molar-refractivity contribution is -0.138. The molecule has 0 aromatic carbocycles. The van der Waals surface area contributed by atoms with Crippen LogP contribution in [0.4, 0.5) is 0 Å². The summed E-state index contributed by atoms with van der Waals surface area (Å²) in [5.41, 5.74) is 0. The molecule has 0 aliphatic carbocycles. The number of rotatable bonds is 4. The highest BCUT2D eigenvalue weighted by atomic mass is 16.2. The first-order chi connectivity index (χ1) is 6.61. The fourth-order valence-corrected chi connectivity index (χ4v) is 1.33. The Labute approximate surface area is 82.6 Å². The standard InChI is InChI=1S/C10H13NO3/c1-8(12)4-2-3-7-11-9(13)5-6-10(11)14/h2,4H,3,5-7H2,1H3/b4-2+. The van der Waals surface area contributed by atoms with E-state index in [1.54, 1.807) is 6.08 Å². The van der Waals surface area contributed by atoms with Crippen LogP contribution in [-0.4, -0.2) is 29.0 Å². The van der Waals surface area contributed by atoms with Crippen molar-refractivity contribution in [3.8, 4) is 0 Å². The van der Waals surface area contributed by atoms with Crippen LogP contribution in [0.5, 0.6) is 0 Å². The van der Waals surface area contributed by atoms with Crippen molar-refractivity contribution in [3.05, 3.63) is 12.2 Å². The molecule has 0 atom stereocenters. The topological polar surface area (TPSA) is 54.5 Å². The summed E-state index contributed by atoms with van der Waals surface area (Å²) in [5.74, 6) is -0.235. The van der Waals surface area contributed by atoms with E-state index in [1.165, 1.54) is 17.9 Å².